The molecule has 0 saturated carbocycles. The maximum atomic E-state index is 12.2. The molecule has 2 aromatic rings. The Morgan fingerprint density at radius 3 is 2.50 bits per heavy atom. The number of hydrogen-bond acceptors (Lipinski definition) is 3. The maximum absolute atomic E-state index is 12.2. The Morgan fingerprint density at radius 2 is 1.86 bits per heavy atom. The third kappa shape index (κ3) is 3.45. The molecule has 1 aliphatic heterocycles. The fourth-order valence-electron chi connectivity index (χ4n) is 2.69. The van der Waals surface area contributed by atoms with Crippen LogP contribution in [0, 0.1) is 5.92 Å². The van der Waals surface area contributed by atoms with Crippen LogP contribution in [0.1, 0.15) is 30.3 Å². The van der Waals surface area contributed by atoms with Crippen molar-refractivity contribution >= 4 is 17.3 Å². The highest BCUT2D eigenvalue weighted by Crippen LogP contribution is 2.22. The molecule has 0 radical (unpaired) electrons. The van der Waals surface area contributed by atoms with Gasteiger partial charge in [0.1, 0.15) is 5.69 Å². The second-order valence-electron chi connectivity index (χ2n) is 5.89. The van der Waals surface area contributed by atoms with Gasteiger partial charge in [-0.2, -0.15) is 0 Å². The van der Waals surface area contributed by atoms with Crippen LogP contribution < -0.4 is 10.2 Å². The Kier molecular flexibility index (Phi) is 4.37. The van der Waals surface area contributed by atoms with Crippen LogP contribution in [-0.4, -0.2) is 24.0 Å². The van der Waals surface area contributed by atoms with E-state index in [4.69, 9.17) is 0 Å². The van der Waals surface area contributed by atoms with Crippen molar-refractivity contribution in [3.8, 4) is 0 Å². The van der Waals surface area contributed by atoms with Crippen molar-refractivity contribution < 1.29 is 4.79 Å². The molecule has 0 bridgehead atoms. The van der Waals surface area contributed by atoms with E-state index in [2.05, 4.69) is 22.1 Å². The van der Waals surface area contributed by atoms with Crippen LogP contribution in [0.4, 0.5) is 11.4 Å². The third-order valence-electron chi connectivity index (χ3n) is 4.16. The summed E-state index contributed by atoms with van der Waals surface area (Å²) in [6.45, 7) is 4.43. The number of piperidine rings is 1. The standard InChI is InChI=1S/C18H21N3O/c1-14-9-11-21(12-10-14)16-7-8-17(19-13-16)18(22)20-15-5-3-2-4-6-15/h2-8,13-14H,9-12H2,1H3,(H,20,22). The number of benzene rings is 1. The summed E-state index contributed by atoms with van der Waals surface area (Å²) in [4.78, 5) is 18.8. The molecule has 4 heteroatoms. The second kappa shape index (κ2) is 6.60. The summed E-state index contributed by atoms with van der Waals surface area (Å²) in [6, 6.07) is 13.2. The van der Waals surface area contributed by atoms with Gasteiger partial charge in [-0.1, -0.05) is 25.1 Å². The topological polar surface area (TPSA) is 45.2 Å². The molecule has 3 rings (SSSR count). The quantitative estimate of drug-likeness (QED) is 0.941. The van der Waals surface area contributed by atoms with E-state index in [-0.39, 0.29) is 5.91 Å². The Bertz CT molecular complexity index is 617. The van der Waals surface area contributed by atoms with Crippen molar-refractivity contribution in [2.24, 2.45) is 5.92 Å². The van der Waals surface area contributed by atoms with E-state index in [1.807, 2.05) is 36.4 Å². The summed E-state index contributed by atoms with van der Waals surface area (Å²) in [7, 11) is 0. The highest BCUT2D eigenvalue weighted by molar-refractivity contribution is 6.02. The van der Waals surface area contributed by atoms with Crippen LogP contribution in [0.15, 0.2) is 48.7 Å². The van der Waals surface area contributed by atoms with E-state index in [9.17, 15) is 4.79 Å². The summed E-state index contributed by atoms with van der Waals surface area (Å²) >= 11 is 0. The van der Waals surface area contributed by atoms with E-state index in [0.29, 0.717) is 5.69 Å². The van der Waals surface area contributed by atoms with Crippen molar-refractivity contribution in [1.29, 1.82) is 0 Å². The summed E-state index contributed by atoms with van der Waals surface area (Å²) in [5, 5.41) is 2.85. The summed E-state index contributed by atoms with van der Waals surface area (Å²) in [5.41, 5.74) is 2.32. The molecule has 1 amide bonds. The molecule has 0 unspecified atom stereocenters. The fraction of sp³-hybridized carbons (Fsp3) is 0.333. The lowest BCUT2D eigenvalue weighted by molar-refractivity contribution is 0.102. The fourth-order valence-corrected chi connectivity index (χ4v) is 2.69. The molecular formula is C18H21N3O. The van der Waals surface area contributed by atoms with Gasteiger partial charge in [0.2, 0.25) is 0 Å². The number of para-hydroxylation sites is 1. The van der Waals surface area contributed by atoms with Gasteiger partial charge in [-0.3, -0.25) is 4.79 Å². The number of nitrogens with zero attached hydrogens (tertiary/aromatic N) is 2. The van der Waals surface area contributed by atoms with Crippen molar-refractivity contribution in [2.75, 3.05) is 23.3 Å². The van der Waals surface area contributed by atoms with Gasteiger partial charge in [0.05, 0.1) is 11.9 Å². The first kappa shape index (κ1) is 14.6. The molecule has 1 aromatic carbocycles. The van der Waals surface area contributed by atoms with Gasteiger partial charge in [0, 0.05) is 18.8 Å². The van der Waals surface area contributed by atoms with E-state index in [0.717, 1.165) is 30.4 Å². The van der Waals surface area contributed by atoms with E-state index < -0.39 is 0 Å². The number of rotatable bonds is 3. The normalized spacial score (nSPS) is 15.6. The first-order valence-corrected chi connectivity index (χ1v) is 7.80. The van der Waals surface area contributed by atoms with Gasteiger partial charge in [0.25, 0.3) is 5.91 Å². The minimum atomic E-state index is -0.176. The zero-order chi connectivity index (χ0) is 15.4. The number of hydrogen-bond donors (Lipinski definition) is 1. The van der Waals surface area contributed by atoms with Crippen molar-refractivity contribution in [3.05, 3.63) is 54.4 Å². The number of aromatic nitrogens is 1. The molecule has 1 fully saturated rings. The maximum Gasteiger partial charge on any atom is 0.274 e. The van der Waals surface area contributed by atoms with Crippen LogP contribution in [-0.2, 0) is 0 Å². The minimum Gasteiger partial charge on any atom is -0.370 e. The predicted octanol–water partition coefficient (Wildman–Crippen LogP) is 3.57. The number of carbonyl (C=O) groups is 1. The first-order chi connectivity index (χ1) is 10.7. The zero-order valence-electron chi connectivity index (χ0n) is 12.8. The van der Waals surface area contributed by atoms with Crippen LogP contribution in [0.3, 0.4) is 0 Å². The van der Waals surface area contributed by atoms with Crippen molar-refractivity contribution in [2.45, 2.75) is 19.8 Å². The van der Waals surface area contributed by atoms with Gasteiger partial charge in [0.15, 0.2) is 0 Å². The molecular weight excluding hydrogens is 274 g/mol. The highest BCUT2D eigenvalue weighted by atomic mass is 16.1. The first-order valence-electron chi connectivity index (χ1n) is 7.80. The molecule has 114 valence electrons. The number of pyridine rings is 1. The van der Waals surface area contributed by atoms with E-state index >= 15 is 0 Å². The lowest BCUT2D eigenvalue weighted by Crippen LogP contribution is -2.32. The lowest BCUT2D eigenvalue weighted by Gasteiger charge is -2.31. The van der Waals surface area contributed by atoms with Gasteiger partial charge in [-0.25, -0.2) is 4.98 Å². The second-order valence-corrected chi connectivity index (χ2v) is 5.89. The Morgan fingerprint density at radius 1 is 1.14 bits per heavy atom. The average Bonchev–Trinajstić information content (AvgIpc) is 2.57. The van der Waals surface area contributed by atoms with Gasteiger partial charge in [-0.05, 0) is 43.0 Å². The molecule has 1 aliphatic rings. The molecule has 1 N–H and O–H groups in total. The van der Waals surface area contributed by atoms with Crippen LogP contribution in [0.25, 0.3) is 0 Å². The van der Waals surface area contributed by atoms with Crippen LogP contribution in [0.2, 0.25) is 0 Å². The minimum absolute atomic E-state index is 0.176. The Hall–Kier alpha value is -2.36. The van der Waals surface area contributed by atoms with Crippen molar-refractivity contribution in [1.82, 2.24) is 4.98 Å². The average molecular weight is 295 g/mol. The molecule has 2 heterocycles. The molecule has 22 heavy (non-hydrogen) atoms. The number of carbonyl (C=O) groups excluding carboxylic acids is 1. The molecule has 0 spiro atoms. The SMILES string of the molecule is CC1CCN(c2ccc(C(=O)Nc3ccccc3)nc2)CC1. The number of nitrogens with one attached hydrogen (secondary N) is 1. The number of anilines is 2. The molecule has 0 aliphatic carbocycles. The van der Waals surface area contributed by atoms with Gasteiger partial charge < -0.3 is 10.2 Å². The summed E-state index contributed by atoms with van der Waals surface area (Å²) in [6.07, 6.45) is 4.24. The third-order valence-corrected chi connectivity index (χ3v) is 4.16. The van der Waals surface area contributed by atoms with Gasteiger partial charge in [-0.15, -0.1) is 0 Å². The van der Waals surface area contributed by atoms with Gasteiger partial charge >= 0.3 is 0 Å². The van der Waals surface area contributed by atoms with Crippen molar-refractivity contribution in [3.63, 3.8) is 0 Å². The molecule has 1 aromatic heterocycles. The zero-order valence-corrected chi connectivity index (χ0v) is 12.8. The Labute approximate surface area is 131 Å². The lowest BCUT2D eigenvalue weighted by atomic mass is 9.99. The summed E-state index contributed by atoms with van der Waals surface area (Å²) < 4.78 is 0. The largest absolute Gasteiger partial charge is 0.370 e. The molecule has 0 atom stereocenters. The molecule has 1 saturated heterocycles. The van der Waals surface area contributed by atoms with Crippen LogP contribution >= 0.6 is 0 Å². The van der Waals surface area contributed by atoms with E-state index in [1.165, 1.54) is 12.8 Å². The Balaban J connectivity index is 1.65. The predicted molar refractivity (Wildman–Crippen MR) is 89.2 cm³/mol. The highest BCUT2D eigenvalue weighted by Gasteiger charge is 2.16. The molecule has 4 nitrogen and oxygen atoms in total. The monoisotopic (exact) mass is 295 g/mol. The number of amides is 1. The summed E-state index contributed by atoms with van der Waals surface area (Å²) in [5.74, 6) is 0.630. The smallest absolute Gasteiger partial charge is 0.274 e. The van der Waals surface area contributed by atoms with Crippen LogP contribution in [0.5, 0.6) is 0 Å². The van der Waals surface area contributed by atoms with E-state index in [1.54, 1.807) is 12.3 Å².